The van der Waals surface area contributed by atoms with Crippen LogP contribution in [0.4, 0.5) is 0 Å². The molecule has 0 unspecified atom stereocenters. The Kier molecular flexibility index (Phi) is 6.00. The normalized spacial score (nSPS) is 10.1. The molecule has 0 aliphatic heterocycles. The van der Waals surface area contributed by atoms with Crippen molar-refractivity contribution in [2.75, 3.05) is 20.3 Å². The van der Waals surface area contributed by atoms with Crippen LogP contribution >= 0.6 is 0 Å². The average molecular weight is 254 g/mol. The predicted molar refractivity (Wildman–Crippen MR) is 65.6 cm³/mol. The summed E-state index contributed by atoms with van der Waals surface area (Å²) >= 11 is 0. The molecule has 1 rings (SSSR count). The van der Waals surface area contributed by atoms with Gasteiger partial charge < -0.3 is 19.7 Å². The molecule has 0 saturated carbocycles. The van der Waals surface area contributed by atoms with Gasteiger partial charge in [0.05, 0.1) is 20.1 Å². The van der Waals surface area contributed by atoms with E-state index in [2.05, 4.69) is 0 Å². The van der Waals surface area contributed by atoms with Crippen molar-refractivity contribution in [1.29, 1.82) is 0 Å². The number of aliphatic hydroxyl groups excluding tert-OH is 1. The van der Waals surface area contributed by atoms with Gasteiger partial charge in [0.15, 0.2) is 11.5 Å². The summed E-state index contributed by atoms with van der Waals surface area (Å²) in [5.41, 5.74) is 0.719. The van der Waals surface area contributed by atoms with Crippen LogP contribution in [0, 0.1) is 0 Å². The van der Waals surface area contributed by atoms with E-state index in [0.717, 1.165) is 5.56 Å². The van der Waals surface area contributed by atoms with E-state index < -0.39 is 0 Å². The largest absolute Gasteiger partial charge is 0.504 e. The molecule has 18 heavy (non-hydrogen) atoms. The lowest BCUT2D eigenvalue weighted by Crippen LogP contribution is -2.09. The quantitative estimate of drug-likeness (QED) is 0.566. The van der Waals surface area contributed by atoms with Crippen molar-refractivity contribution in [3.8, 4) is 11.5 Å². The molecule has 0 atom stereocenters. The molecule has 0 heterocycles. The summed E-state index contributed by atoms with van der Waals surface area (Å²) in [5.74, 6) is 0.0406. The van der Waals surface area contributed by atoms with E-state index in [9.17, 15) is 9.90 Å². The third-order valence-electron chi connectivity index (χ3n) is 2.41. The van der Waals surface area contributed by atoms with Crippen LogP contribution in [0.2, 0.25) is 0 Å². The van der Waals surface area contributed by atoms with Gasteiger partial charge in [0.1, 0.15) is 0 Å². The second-order valence-corrected chi connectivity index (χ2v) is 3.83. The lowest BCUT2D eigenvalue weighted by Gasteiger charge is -2.07. The maximum atomic E-state index is 11.5. The number of aromatic hydroxyl groups is 1. The van der Waals surface area contributed by atoms with Crippen LogP contribution in [0.5, 0.6) is 11.5 Å². The van der Waals surface area contributed by atoms with Crippen LogP contribution in [0.25, 0.3) is 0 Å². The smallest absolute Gasteiger partial charge is 0.310 e. The van der Waals surface area contributed by atoms with E-state index in [1.165, 1.54) is 13.2 Å². The van der Waals surface area contributed by atoms with Crippen LogP contribution < -0.4 is 4.74 Å². The van der Waals surface area contributed by atoms with Crippen molar-refractivity contribution in [2.24, 2.45) is 0 Å². The van der Waals surface area contributed by atoms with Gasteiger partial charge in [0.2, 0.25) is 0 Å². The molecule has 1 aromatic carbocycles. The molecule has 0 saturated heterocycles. The van der Waals surface area contributed by atoms with E-state index in [-0.39, 0.29) is 24.7 Å². The van der Waals surface area contributed by atoms with Crippen LogP contribution in [-0.4, -0.2) is 36.5 Å². The highest BCUT2D eigenvalue weighted by Gasteiger charge is 2.08. The zero-order valence-electron chi connectivity index (χ0n) is 10.4. The van der Waals surface area contributed by atoms with E-state index in [1.807, 2.05) is 0 Å². The molecule has 100 valence electrons. The number of hydrogen-bond donors (Lipinski definition) is 2. The minimum Gasteiger partial charge on any atom is -0.504 e. The molecule has 0 spiro atoms. The lowest BCUT2D eigenvalue weighted by atomic mass is 10.1. The summed E-state index contributed by atoms with van der Waals surface area (Å²) < 4.78 is 9.95. The highest BCUT2D eigenvalue weighted by molar-refractivity contribution is 5.72. The van der Waals surface area contributed by atoms with Gasteiger partial charge in [-0.3, -0.25) is 4.79 Å². The molecular weight excluding hydrogens is 236 g/mol. The van der Waals surface area contributed by atoms with Crippen LogP contribution in [0.3, 0.4) is 0 Å². The van der Waals surface area contributed by atoms with Crippen molar-refractivity contribution in [2.45, 2.75) is 19.3 Å². The molecule has 1 aromatic rings. The highest BCUT2D eigenvalue weighted by Crippen LogP contribution is 2.26. The Bertz CT molecular complexity index is 389. The molecule has 0 aromatic heterocycles. The van der Waals surface area contributed by atoms with Gasteiger partial charge in [0, 0.05) is 6.61 Å². The molecule has 0 aliphatic rings. The molecule has 0 aliphatic carbocycles. The van der Waals surface area contributed by atoms with Gasteiger partial charge in [-0.15, -0.1) is 0 Å². The first-order valence-electron chi connectivity index (χ1n) is 5.79. The van der Waals surface area contributed by atoms with Crippen LogP contribution in [-0.2, 0) is 16.0 Å². The van der Waals surface area contributed by atoms with Gasteiger partial charge in [-0.25, -0.2) is 0 Å². The van der Waals surface area contributed by atoms with Crippen molar-refractivity contribution in [3.05, 3.63) is 23.8 Å². The Labute approximate surface area is 106 Å². The Hall–Kier alpha value is -1.75. The van der Waals surface area contributed by atoms with Gasteiger partial charge in [-0.1, -0.05) is 6.07 Å². The van der Waals surface area contributed by atoms with Gasteiger partial charge in [-0.05, 0) is 30.5 Å². The first kappa shape index (κ1) is 14.3. The second kappa shape index (κ2) is 7.55. The first-order valence-corrected chi connectivity index (χ1v) is 5.79. The molecule has 0 radical (unpaired) electrons. The number of benzene rings is 1. The predicted octanol–water partition coefficient (Wildman–Crippen LogP) is 1.26. The Balaban J connectivity index is 2.44. The summed E-state index contributed by atoms with van der Waals surface area (Å²) in [5, 5.41) is 18.0. The number of carbonyl (C=O) groups excluding carboxylic acids is 1. The fourth-order valence-corrected chi connectivity index (χ4v) is 1.45. The van der Waals surface area contributed by atoms with E-state index in [0.29, 0.717) is 25.2 Å². The molecular formula is C13H18O5. The molecule has 2 N–H and O–H groups in total. The highest BCUT2D eigenvalue weighted by atomic mass is 16.5. The minimum absolute atomic E-state index is 0.0394. The van der Waals surface area contributed by atoms with E-state index in [1.54, 1.807) is 12.1 Å². The Morgan fingerprint density at radius 2 is 2.11 bits per heavy atom. The summed E-state index contributed by atoms with van der Waals surface area (Å²) in [4.78, 5) is 11.5. The van der Waals surface area contributed by atoms with Crippen LogP contribution in [0.1, 0.15) is 18.4 Å². The van der Waals surface area contributed by atoms with Crippen molar-refractivity contribution < 1.29 is 24.5 Å². The van der Waals surface area contributed by atoms with E-state index >= 15 is 0 Å². The summed E-state index contributed by atoms with van der Waals surface area (Å²) in [6.07, 6.45) is 1.41. The third kappa shape index (κ3) is 4.63. The maximum Gasteiger partial charge on any atom is 0.310 e. The first-order chi connectivity index (χ1) is 8.67. The SMILES string of the molecule is COc1cc(CC(=O)OCCCCO)ccc1O. The average Bonchev–Trinajstić information content (AvgIpc) is 2.37. The lowest BCUT2D eigenvalue weighted by molar-refractivity contribution is -0.143. The number of methoxy groups -OCH3 is 1. The fraction of sp³-hybridized carbons (Fsp3) is 0.462. The van der Waals surface area contributed by atoms with Crippen molar-refractivity contribution >= 4 is 5.97 Å². The van der Waals surface area contributed by atoms with Crippen LogP contribution in [0.15, 0.2) is 18.2 Å². The zero-order valence-corrected chi connectivity index (χ0v) is 10.4. The van der Waals surface area contributed by atoms with Gasteiger partial charge in [0.25, 0.3) is 0 Å². The number of esters is 1. The number of phenols is 1. The molecule has 0 bridgehead atoms. The third-order valence-corrected chi connectivity index (χ3v) is 2.41. The Morgan fingerprint density at radius 3 is 2.78 bits per heavy atom. The number of aliphatic hydroxyl groups is 1. The summed E-state index contributed by atoms with van der Waals surface area (Å²) in [7, 11) is 1.45. The van der Waals surface area contributed by atoms with Crippen molar-refractivity contribution in [3.63, 3.8) is 0 Å². The molecule has 0 fully saturated rings. The number of rotatable bonds is 7. The van der Waals surface area contributed by atoms with Gasteiger partial charge >= 0.3 is 5.97 Å². The number of ether oxygens (including phenoxy) is 2. The standard InChI is InChI=1S/C13H18O5/c1-17-12-8-10(4-5-11(12)15)9-13(16)18-7-3-2-6-14/h4-5,8,14-15H,2-3,6-7,9H2,1H3. The fourth-order valence-electron chi connectivity index (χ4n) is 1.45. The van der Waals surface area contributed by atoms with Crippen molar-refractivity contribution in [1.82, 2.24) is 0 Å². The summed E-state index contributed by atoms with van der Waals surface area (Å²) in [6.45, 7) is 0.418. The zero-order chi connectivity index (χ0) is 13.4. The Morgan fingerprint density at radius 1 is 1.33 bits per heavy atom. The molecule has 5 nitrogen and oxygen atoms in total. The van der Waals surface area contributed by atoms with Gasteiger partial charge in [-0.2, -0.15) is 0 Å². The molecule has 0 amide bonds. The minimum atomic E-state index is -0.333. The monoisotopic (exact) mass is 254 g/mol. The summed E-state index contributed by atoms with van der Waals surface area (Å²) in [6, 6.07) is 4.73. The number of phenolic OH excluding ortho intramolecular Hbond substituents is 1. The number of carbonyl (C=O) groups is 1. The van der Waals surface area contributed by atoms with E-state index in [4.69, 9.17) is 14.6 Å². The number of hydrogen-bond acceptors (Lipinski definition) is 5. The topological polar surface area (TPSA) is 76.0 Å². The second-order valence-electron chi connectivity index (χ2n) is 3.83. The maximum absolute atomic E-state index is 11.5. The molecule has 5 heteroatoms. The number of unbranched alkanes of at least 4 members (excludes halogenated alkanes) is 1.